The van der Waals surface area contributed by atoms with Gasteiger partial charge in [0.15, 0.2) is 0 Å². The zero-order valence-electron chi connectivity index (χ0n) is 8.33. The zero-order valence-corrected chi connectivity index (χ0v) is 8.33. The molecule has 2 N–H and O–H groups in total. The number of hydrogen-bond donors (Lipinski definition) is 2. The molecule has 0 aliphatic carbocycles. The van der Waals surface area contributed by atoms with Crippen molar-refractivity contribution in [3.8, 4) is 0 Å². The van der Waals surface area contributed by atoms with Gasteiger partial charge in [0, 0.05) is 11.1 Å². The minimum absolute atomic E-state index is 0.293. The minimum atomic E-state index is -0.318. The van der Waals surface area contributed by atoms with Crippen molar-refractivity contribution in [3.05, 3.63) is 0 Å². The first-order chi connectivity index (χ1) is 5.26. The van der Waals surface area contributed by atoms with E-state index >= 15 is 0 Å². The first-order valence-electron chi connectivity index (χ1n) is 4.43. The monoisotopic (exact) mass is 174 g/mol. The molecule has 0 aromatic carbocycles. The molecule has 1 saturated heterocycles. The maximum Gasteiger partial charge on any atom is 0.0576 e. The Kier molecular flexibility index (Phi) is 2.23. The topological polar surface area (TPSA) is 43.7 Å². The van der Waals surface area contributed by atoms with Crippen molar-refractivity contribution in [1.82, 2.24) is 5.06 Å². The van der Waals surface area contributed by atoms with Gasteiger partial charge in [-0.3, -0.25) is 0 Å². The van der Waals surface area contributed by atoms with Crippen molar-refractivity contribution in [2.45, 2.75) is 57.7 Å². The second-order valence-corrected chi connectivity index (χ2v) is 5.00. The summed E-state index contributed by atoms with van der Waals surface area (Å²) in [6.07, 6.45) is 0.971. The molecule has 0 bridgehead atoms. The summed E-state index contributed by atoms with van der Waals surface area (Å²) in [6.45, 7) is 7.77. The molecule has 0 unspecified atom stereocenters. The summed E-state index contributed by atoms with van der Waals surface area (Å²) in [5.41, 5.74) is -0.637. The molecule has 1 aliphatic heterocycles. The van der Waals surface area contributed by atoms with Crippen molar-refractivity contribution in [1.29, 1.82) is 0 Å². The van der Waals surface area contributed by atoms with E-state index < -0.39 is 0 Å². The highest BCUT2D eigenvalue weighted by Gasteiger charge is 2.44. The molecular weight excluding hydrogens is 155 g/mol. The van der Waals surface area contributed by atoms with Gasteiger partial charge in [0.25, 0.3) is 0 Å². The molecule has 1 heterocycles. The third kappa shape index (κ3) is 1.63. The van der Waals surface area contributed by atoms with E-state index in [0.29, 0.717) is 12.8 Å². The van der Waals surface area contributed by atoms with Gasteiger partial charge in [-0.15, -0.1) is 0 Å². The highest BCUT2D eigenvalue weighted by Crippen LogP contribution is 2.36. The molecule has 3 nitrogen and oxygen atoms in total. The summed E-state index contributed by atoms with van der Waals surface area (Å²) in [5, 5.41) is 20.7. The molecular formula is C9H19NO2. The molecule has 3 heteroatoms. The number of aliphatic hydroxyl groups excluding tert-OH is 1. The average Bonchev–Trinajstić information content (AvgIpc) is 1.80. The number of rotatable bonds is 0. The minimum Gasteiger partial charge on any atom is -0.393 e. The van der Waals surface area contributed by atoms with Crippen molar-refractivity contribution in [2.75, 3.05) is 0 Å². The number of nitrogens with zero attached hydrogens (tertiary/aromatic N) is 1. The molecule has 0 amide bonds. The Morgan fingerprint density at radius 3 is 1.75 bits per heavy atom. The molecule has 72 valence electrons. The Balaban J connectivity index is 2.84. The summed E-state index contributed by atoms with van der Waals surface area (Å²) < 4.78 is 0. The van der Waals surface area contributed by atoms with Crippen LogP contribution in [-0.4, -0.2) is 32.6 Å². The molecule has 0 saturated carbocycles. The lowest BCUT2D eigenvalue weighted by Crippen LogP contribution is -2.60. The van der Waals surface area contributed by atoms with Crippen molar-refractivity contribution >= 4 is 0 Å². The fraction of sp³-hybridized carbons (Fsp3) is 1.00. The molecule has 0 spiro atoms. The van der Waals surface area contributed by atoms with Crippen LogP contribution in [0.2, 0.25) is 0 Å². The van der Waals surface area contributed by atoms with Crippen LogP contribution in [0.3, 0.4) is 0 Å². The number of aliphatic hydroxyl groups is 1. The molecule has 0 aromatic rings. The Hall–Kier alpha value is -0.120. The van der Waals surface area contributed by atoms with Crippen LogP contribution < -0.4 is 0 Å². The van der Waals surface area contributed by atoms with E-state index in [0.717, 1.165) is 0 Å². The summed E-state index contributed by atoms with van der Waals surface area (Å²) in [4.78, 5) is 0. The molecule has 0 atom stereocenters. The van der Waals surface area contributed by atoms with Gasteiger partial charge >= 0.3 is 0 Å². The van der Waals surface area contributed by atoms with Gasteiger partial charge in [-0.05, 0) is 40.5 Å². The highest BCUT2D eigenvalue weighted by atomic mass is 16.8. The van der Waals surface area contributed by atoms with E-state index in [-0.39, 0.29) is 17.2 Å². The molecule has 0 aromatic heterocycles. The maximum atomic E-state index is 9.80. The van der Waals surface area contributed by atoms with Gasteiger partial charge < -0.3 is 10.3 Å². The van der Waals surface area contributed by atoms with E-state index in [1.54, 1.807) is 0 Å². The number of hydroxylamine groups is 2. The van der Waals surface area contributed by atoms with Gasteiger partial charge in [0.1, 0.15) is 0 Å². The average molecular weight is 174 g/mol. The van der Waals surface area contributed by atoms with Gasteiger partial charge in [-0.1, -0.05) is 0 Å². The van der Waals surface area contributed by atoms with Crippen molar-refractivity contribution in [2.24, 2.45) is 0 Å². The predicted octanol–water partition coefficient (Wildman–Crippen LogP) is 1.39. The normalized spacial score (nSPS) is 30.5. The highest BCUT2D eigenvalue weighted by molar-refractivity contribution is 4.95. The van der Waals surface area contributed by atoms with E-state index in [1.165, 1.54) is 5.06 Å². The largest absolute Gasteiger partial charge is 0.393 e. The zero-order chi connectivity index (χ0) is 9.57. The molecule has 1 rings (SSSR count). The number of piperidine rings is 1. The van der Waals surface area contributed by atoms with Gasteiger partial charge in [-0.25, -0.2) is 0 Å². The summed E-state index contributed by atoms with van der Waals surface area (Å²) in [6, 6.07) is 0. The van der Waals surface area contributed by atoms with E-state index in [9.17, 15) is 10.3 Å². The quantitative estimate of drug-likeness (QED) is 0.545. The number of hydrogen-bond acceptors (Lipinski definition) is 3. The lowest BCUT2D eigenvalue weighted by atomic mass is 9.84. The van der Waals surface area contributed by atoms with Crippen LogP contribution in [-0.2, 0) is 0 Å². The van der Waals surface area contributed by atoms with Crippen LogP contribution in [0.4, 0.5) is 0 Å². The fourth-order valence-electron chi connectivity index (χ4n) is 2.22. The third-order valence-corrected chi connectivity index (χ3v) is 2.62. The Labute approximate surface area is 74.0 Å². The Morgan fingerprint density at radius 2 is 1.42 bits per heavy atom. The van der Waals surface area contributed by atoms with Crippen LogP contribution in [0.1, 0.15) is 40.5 Å². The molecule has 12 heavy (non-hydrogen) atoms. The van der Waals surface area contributed by atoms with Crippen molar-refractivity contribution in [3.63, 3.8) is 0 Å². The van der Waals surface area contributed by atoms with Gasteiger partial charge in [-0.2, -0.15) is 5.06 Å². The maximum absolute atomic E-state index is 9.80. The van der Waals surface area contributed by atoms with Crippen molar-refractivity contribution < 1.29 is 10.3 Å². The van der Waals surface area contributed by atoms with Crippen LogP contribution >= 0.6 is 0 Å². The first-order valence-corrected chi connectivity index (χ1v) is 4.43. The summed E-state index contributed by atoms with van der Waals surface area (Å²) in [5.74, 6) is 0. The van der Waals surface area contributed by atoms with Gasteiger partial charge in [0.05, 0.1) is 6.10 Å². The van der Waals surface area contributed by atoms with Crippen LogP contribution in [0.15, 0.2) is 0 Å². The second kappa shape index (κ2) is 2.69. The smallest absolute Gasteiger partial charge is 0.0576 e. The predicted molar refractivity (Wildman–Crippen MR) is 47.0 cm³/mol. The SMILES string of the molecule is CC1(C)CC(O)CC(C)(C)[15N]1O. The lowest BCUT2D eigenvalue weighted by molar-refractivity contribution is -0.257. The van der Waals surface area contributed by atoms with Crippen LogP contribution in [0.25, 0.3) is 0 Å². The molecule has 1 aliphatic rings. The Morgan fingerprint density at radius 1 is 1.08 bits per heavy atom. The first kappa shape index (κ1) is 9.96. The lowest BCUT2D eigenvalue weighted by Gasteiger charge is -2.50. The van der Waals surface area contributed by atoms with E-state index in [2.05, 4.69) is 0 Å². The van der Waals surface area contributed by atoms with Gasteiger partial charge in [0.2, 0.25) is 0 Å². The van der Waals surface area contributed by atoms with Crippen LogP contribution in [0, 0.1) is 0 Å². The molecule has 0 radical (unpaired) electrons. The van der Waals surface area contributed by atoms with E-state index in [4.69, 9.17) is 0 Å². The van der Waals surface area contributed by atoms with Crippen LogP contribution in [0.5, 0.6) is 0 Å². The standard InChI is InChI=1S/C9H19NO2/c1-8(2)5-7(11)6-9(3,4)10(8)12/h7,11-12H,5-6H2,1-4H3/i10+1. The molecule has 1 fully saturated rings. The van der Waals surface area contributed by atoms with E-state index in [1.807, 2.05) is 27.7 Å². The Bertz CT molecular complexity index is 159. The summed E-state index contributed by atoms with van der Waals surface area (Å²) in [7, 11) is 0. The summed E-state index contributed by atoms with van der Waals surface area (Å²) >= 11 is 0. The third-order valence-electron chi connectivity index (χ3n) is 2.62. The second-order valence-electron chi connectivity index (χ2n) is 5.00. The fourth-order valence-corrected chi connectivity index (χ4v) is 2.22.